The molecule has 0 aliphatic carbocycles. The van der Waals surface area contributed by atoms with Gasteiger partial charge in [-0.1, -0.05) is 40.2 Å². The first-order valence-electron chi connectivity index (χ1n) is 8.06. The first kappa shape index (κ1) is 17.6. The van der Waals surface area contributed by atoms with Crippen molar-refractivity contribution in [1.29, 1.82) is 0 Å². The molecule has 2 aromatic heterocycles. The predicted molar refractivity (Wildman–Crippen MR) is 110 cm³/mol. The van der Waals surface area contributed by atoms with Gasteiger partial charge in [0.15, 0.2) is 5.13 Å². The second-order valence-electron chi connectivity index (χ2n) is 5.77. The van der Waals surface area contributed by atoms with Crippen LogP contribution in [0.5, 0.6) is 0 Å². The van der Waals surface area contributed by atoms with E-state index in [1.54, 1.807) is 12.1 Å². The molecule has 0 aliphatic heterocycles. The highest BCUT2D eigenvalue weighted by Crippen LogP contribution is 2.26. The summed E-state index contributed by atoms with van der Waals surface area (Å²) in [5.74, 6) is -0.316. The fourth-order valence-corrected chi connectivity index (χ4v) is 3.83. The first-order chi connectivity index (χ1) is 13.1. The monoisotopic (exact) mass is 440 g/mol. The third-order valence-electron chi connectivity index (χ3n) is 3.93. The fraction of sp³-hybridized carbons (Fsp3) is 0.0526. The third-order valence-corrected chi connectivity index (χ3v) is 5.18. The van der Waals surface area contributed by atoms with E-state index in [9.17, 15) is 9.59 Å². The van der Waals surface area contributed by atoms with E-state index in [1.165, 1.54) is 22.1 Å². The maximum Gasteiger partial charge on any atom is 0.269 e. The molecule has 2 heterocycles. The summed E-state index contributed by atoms with van der Waals surface area (Å²) in [5.41, 5.74) is 2.70. The van der Waals surface area contributed by atoms with Crippen LogP contribution in [-0.2, 0) is 11.3 Å². The number of carbonyl (C=O) groups excluding carboxylic acids is 1. The Morgan fingerprint density at radius 1 is 1.19 bits per heavy atom. The molecule has 0 fully saturated rings. The second-order valence-corrected chi connectivity index (χ2v) is 7.54. The Kier molecular flexibility index (Phi) is 4.83. The van der Waals surface area contributed by atoms with Crippen LogP contribution in [0.4, 0.5) is 5.13 Å². The number of hydrogen-bond donors (Lipinski definition) is 1. The van der Waals surface area contributed by atoms with Gasteiger partial charge in [-0.05, 0) is 24.3 Å². The Bertz CT molecular complexity index is 1200. The SMILES string of the molecule is O=C(Cn1c(=O)cnc2ccccc21)Nc1nc(-c2cccc(Br)c2)cs1. The number of thiazole rings is 1. The maximum atomic E-state index is 12.4. The number of halogens is 1. The van der Waals surface area contributed by atoms with Crippen molar-refractivity contribution in [2.75, 3.05) is 5.32 Å². The van der Waals surface area contributed by atoms with E-state index in [1.807, 2.05) is 41.8 Å². The largest absolute Gasteiger partial charge is 0.300 e. The number of fused-ring (bicyclic) bond motifs is 1. The van der Waals surface area contributed by atoms with Gasteiger partial charge in [-0.15, -0.1) is 11.3 Å². The Balaban J connectivity index is 1.54. The van der Waals surface area contributed by atoms with Crippen molar-refractivity contribution in [3.63, 3.8) is 0 Å². The first-order valence-corrected chi connectivity index (χ1v) is 9.73. The van der Waals surface area contributed by atoms with Gasteiger partial charge in [0, 0.05) is 15.4 Å². The Morgan fingerprint density at radius 2 is 2.04 bits per heavy atom. The van der Waals surface area contributed by atoms with Crippen molar-refractivity contribution in [2.24, 2.45) is 0 Å². The van der Waals surface area contributed by atoms with Crippen LogP contribution in [0.1, 0.15) is 0 Å². The van der Waals surface area contributed by atoms with Gasteiger partial charge in [0.05, 0.1) is 22.9 Å². The predicted octanol–water partition coefficient (Wildman–Crippen LogP) is 3.92. The summed E-state index contributed by atoms with van der Waals surface area (Å²) in [6.45, 7) is -0.104. The lowest BCUT2D eigenvalue weighted by Crippen LogP contribution is -2.27. The molecular formula is C19H13BrN4O2S. The highest BCUT2D eigenvalue weighted by molar-refractivity contribution is 9.10. The molecule has 0 saturated carbocycles. The van der Waals surface area contributed by atoms with Gasteiger partial charge in [-0.25, -0.2) is 9.97 Å². The third kappa shape index (κ3) is 3.81. The van der Waals surface area contributed by atoms with Gasteiger partial charge in [-0.3, -0.25) is 14.2 Å². The molecule has 134 valence electrons. The lowest BCUT2D eigenvalue weighted by molar-refractivity contribution is -0.116. The van der Waals surface area contributed by atoms with Gasteiger partial charge in [0.25, 0.3) is 5.56 Å². The molecule has 1 amide bonds. The van der Waals surface area contributed by atoms with E-state index in [2.05, 4.69) is 31.2 Å². The van der Waals surface area contributed by atoms with Crippen molar-refractivity contribution >= 4 is 49.3 Å². The van der Waals surface area contributed by atoms with Gasteiger partial charge >= 0.3 is 0 Å². The quantitative estimate of drug-likeness (QED) is 0.521. The van der Waals surface area contributed by atoms with Crippen molar-refractivity contribution < 1.29 is 4.79 Å². The number of anilines is 1. The van der Waals surface area contributed by atoms with Crippen LogP contribution in [0.25, 0.3) is 22.3 Å². The van der Waals surface area contributed by atoms with E-state index in [4.69, 9.17) is 0 Å². The van der Waals surface area contributed by atoms with Crippen molar-refractivity contribution in [3.8, 4) is 11.3 Å². The van der Waals surface area contributed by atoms with Crippen LogP contribution in [-0.4, -0.2) is 20.4 Å². The lowest BCUT2D eigenvalue weighted by Gasteiger charge is -2.08. The van der Waals surface area contributed by atoms with Gasteiger partial charge in [0.2, 0.25) is 5.91 Å². The van der Waals surface area contributed by atoms with Crippen LogP contribution in [0.2, 0.25) is 0 Å². The minimum atomic E-state index is -0.321. The molecule has 0 spiro atoms. The number of amides is 1. The number of hydrogen-bond acceptors (Lipinski definition) is 5. The van der Waals surface area contributed by atoms with Crippen LogP contribution < -0.4 is 10.9 Å². The summed E-state index contributed by atoms with van der Waals surface area (Å²) in [4.78, 5) is 33.1. The highest BCUT2D eigenvalue weighted by atomic mass is 79.9. The molecule has 0 unspecified atom stereocenters. The molecule has 27 heavy (non-hydrogen) atoms. The molecule has 0 atom stereocenters. The van der Waals surface area contributed by atoms with E-state index in [-0.39, 0.29) is 18.0 Å². The lowest BCUT2D eigenvalue weighted by atomic mass is 10.2. The second kappa shape index (κ2) is 7.42. The number of rotatable bonds is 4. The van der Waals surface area contributed by atoms with E-state index >= 15 is 0 Å². The van der Waals surface area contributed by atoms with Gasteiger partial charge in [0.1, 0.15) is 6.54 Å². The number of nitrogens with zero attached hydrogens (tertiary/aromatic N) is 3. The molecule has 2 aromatic carbocycles. The molecule has 0 saturated heterocycles. The maximum absolute atomic E-state index is 12.4. The van der Waals surface area contributed by atoms with E-state index in [0.29, 0.717) is 16.2 Å². The smallest absolute Gasteiger partial charge is 0.269 e. The molecule has 0 bridgehead atoms. The van der Waals surface area contributed by atoms with Crippen molar-refractivity contribution in [1.82, 2.24) is 14.5 Å². The normalized spacial score (nSPS) is 10.9. The molecule has 0 radical (unpaired) electrons. The van der Waals surface area contributed by atoms with E-state index in [0.717, 1.165) is 15.7 Å². The molecular weight excluding hydrogens is 428 g/mol. The topological polar surface area (TPSA) is 76.9 Å². The zero-order valence-electron chi connectivity index (χ0n) is 13.9. The van der Waals surface area contributed by atoms with Crippen molar-refractivity contribution in [2.45, 2.75) is 6.54 Å². The van der Waals surface area contributed by atoms with Crippen LogP contribution in [0.3, 0.4) is 0 Å². The summed E-state index contributed by atoms with van der Waals surface area (Å²) >= 11 is 4.78. The molecule has 4 rings (SSSR count). The summed E-state index contributed by atoms with van der Waals surface area (Å²) in [5, 5.41) is 5.13. The minimum absolute atomic E-state index is 0.104. The summed E-state index contributed by atoms with van der Waals surface area (Å²) in [7, 11) is 0. The number of para-hydroxylation sites is 2. The Hall–Kier alpha value is -2.84. The number of nitrogens with one attached hydrogen (secondary N) is 1. The van der Waals surface area contributed by atoms with Crippen LogP contribution in [0, 0.1) is 0 Å². The summed E-state index contributed by atoms with van der Waals surface area (Å²) < 4.78 is 2.36. The fourth-order valence-electron chi connectivity index (χ4n) is 2.69. The van der Waals surface area contributed by atoms with E-state index < -0.39 is 0 Å². The zero-order chi connectivity index (χ0) is 18.8. The molecule has 0 aliphatic rings. The molecule has 4 aromatic rings. The standard InChI is InChI=1S/C19H13BrN4O2S/c20-13-5-3-4-12(8-13)15-11-27-19(22-15)23-17(25)10-24-16-7-2-1-6-14(16)21-9-18(24)26/h1-9,11H,10H2,(H,22,23,25). The molecule has 6 nitrogen and oxygen atoms in total. The van der Waals surface area contributed by atoms with Crippen molar-refractivity contribution in [3.05, 3.63) is 74.9 Å². The van der Waals surface area contributed by atoms with Crippen LogP contribution >= 0.6 is 27.3 Å². The molecule has 1 N–H and O–H groups in total. The average molecular weight is 441 g/mol. The average Bonchev–Trinajstić information content (AvgIpc) is 3.12. The minimum Gasteiger partial charge on any atom is -0.300 e. The van der Waals surface area contributed by atoms with Crippen LogP contribution in [0.15, 0.2) is 69.4 Å². The Labute approximate surface area is 166 Å². The van der Waals surface area contributed by atoms with Gasteiger partial charge in [-0.2, -0.15) is 0 Å². The molecule has 8 heteroatoms. The Morgan fingerprint density at radius 3 is 2.89 bits per heavy atom. The number of aromatic nitrogens is 3. The zero-order valence-corrected chi connectivity index (χ0v) is 16.3. The highest BCUT2D eigenvalue weighted by Gasteiger charge is 2.12. The summed E-state index contributed by atoms with van der Waals surface area (Å²) in [6.07, 6.45) is 1.23. The number of carbonyl (C=O) groups is 1. The number of benzene rings is 2. The van der Waals surface area contributed by atoms with Gasteiger partial charge < -0.3 is 5.32 Å². The summed E-state index contributed by atoms with van der Waals surface area (Å²) in [6, 6.07) is 15.0.